The van der Waals surface area contributed by atoms with Crippen LogP contribution in [0.5, 0.6) is 0 Å². The van der Waals surface area contributed by atoms with Gasteiger partial charge in [-0.3, -0.25) is 0 Å². The number of halogens is 1. The molecule has 2 N–H and O–H groups in total. The minimum absolute atomic E-state index is 0.245. The lowest BCUT2D eigenvalue weighted by atomic mass is 10.2. The fraction of sp³-hybridized carbons (Fsp3) is 0.118. The SMILES string of the molecule is Clc1nc(NCCc2nc3ccccc3[nH]2)c2ccccc2n1. The van der Waals surface area contributed by atoms with Crippen LogP contribution in [0.2, 0.25) is 5.28 Å². The summed E-state index contributed by atoms with van der Waals surface area (Å²) in [4.78, 5) is 16.4. The molecule has 0 unspecified atom stereocenters. The fourth-order valence-electron chi connectivity index (χ4n) is 2.61. The van der Waals surface area contributed by atoms with Crippen molar-refractivity contribution >= 4 is 39.4 Å². The second-order valence-electron chi connectivity index (χ2n) is 5.24. The zero-order valence-corrected chi connectivity index (χ0v) is 13.0. The van der Waals surface area contributed by atoms with Crippen molar-refractivity contribution in [3.63, 3.8) is 0 Å². The van der Waals surface area contributed by atoms with E-state index in [9.17, 15) is 0 Å². The summed E-state index contributed by atoms with van der Waals surface area (Å²) in [5.41, 5.74) is 2.87. The number of nitrogens with one attached hydrogen (secondary N) is 2. The van der Waals surface area contributed by atoms with Gasteiger partial charge in [0.25, 0.3) is 0 Å². The van der Waals surface area contributed by atoms with Crippen LogP contribution in [0.25, 0.3) is 21.9 Å². The van der Waals surface area contributed by atoms with E-state index in [1.54, 1.807) is 0 Å². The Labute approximate surface area is 137 Å². The maximum Gasteiger partial charge on any atom is 0.224 e. The monoisotopic (exact) mass is 323 g/mol. The van der Waals surface area contributed by atoms with E-state index >= 15 is 0 Å². The number of anilines is 1. The Hall–Kier alpha value is -2.66. The van der Waals surface area contributed by atoms with Crippen molar-refractivity contribution in [2.24, 2.45) is 0 Å². The first kappa shape index (κ1) is 14.0. The molecule has 0 amide bonds. The molecule has 0 aliphatic heterocycles. The second kappa shape index (κ2) is 5.85. The van der Waals surface area contributed by atoms with E-state index in [0.29, 0.717) is 6.54 Å². The van der Waals surface area contributed by atoms with Gasteiger partial charge >= 0.3 is 0 Å². The highest BCUT2D eigenvalue weighted by molar-refractivity contribution is 6.28. The number of rotatable bonds is 4. The molecule has 6 heteroatoms. The summed E-state index contributed by atoms with van der Waals surface area (Å²) in [5, 5.41) is 4.53. The van der Waals surface area contributed by atoms with Crippen LogP contribution in [0.4, 0.5) is 5.82 Å². The first-order valence-electron chi connectivity index (χ1n) is 7.39. The van der Waals surface area contributed by atoms with Gasteiger partial charge in [-0.15, -0.1) is 0 Å². The van der Waals surface area contributed by atoms with Gasteiger partial charge in [0, 0.05) is 18.4 Å². The summed E-state index contributed by atoms with van der Waals surface area (Å²) in [6.07, 6.45) is 0.768. The maximum atomic E-state index is 5.99. The van der Waals surface area contributed by atoms with Crippen molar-refractivity contribution in [3.05, 3.63) is 59.6 Å². The van der Waals surface area contributed by atoms with Crippen LogP contribution in [0.15, 0.2) is 48.5 Å². The standard InChI is InChI=1S/C17H14ClN5/c18-17-22-12-6-2-1-5-11(12)16(23-17)19-10-9-15-20-13-7-3-4-8-14(13)21-15/h1-8H,9-10H2,(H,20,21)(H,19,22,23). The van der Waals surface area contributed by atoms with Crippen molar-refractivity contribution in [2.45, 2.75) is 6.42 Å². The number of hydrogen-bond donors (Lipinski definition) is 2. The largest absolute Gasteiger partial charge is 0.369 e. The van der Waals surface area contributed by atoms with E-state index in [0.717, 1.165) is 40.0 Å². The molecular weight excluding hydrogens is 310 g/mol. The molecule has 0 saturated heterocycles. The van der Waals surface area contributed by atoms with E-state index < -0.39 is 0 Å². The topological polar surface area (TPSA) is 66.5 Å². The number of aromatic nitrogens is 4. The Morgan fingerprint density at radius 1 is 0.913 bits per heavy atom. The quantitative estimate of drug-likeness (QED) is 0.560. The van der Waals surface area contributed by atoms with Crippen LogP contribution in [-0.2, 0) is 6.42 Å². The van der Waals surface area contributed by atoms with Gasteiger partial charge < -0.3 is 10.3 Å². The van der Waals surface area contributed by atoms with Crippen LogP contribution in [-0.4, -0.2) is 26.5 Å². The molecule has 0 spiro atoms. The lowest BCUT2D eigenvalue weighted by Gasteiger charge is -2.08. The van der Waals surface area contributed by atoms with Crippen LogP contribution in [0, 0.1) is 0 Å². The molecule has 0 aliphatic carbocycles. The molecule has 0 saturated carbocycles. The van der Waals surface area contributed by atoms with Gasteiger partial charge in [0.2, 0.25) is 5.28 Å². The van der Waals surface area contributed by atoms with Crippen LogP contribution < -0.4 is 5.32 Å². The van der Waals surface area contributed by atoms with Crippen molar-refractivity contribution in [2.75, 3.05) is 11.9 Å². The van der Waals surface area contributed by atoms with Gasteiger partial charge in [0.05, 0.1) is 16.6 Å². The highest BCUT2D eigenvalue weighted by Gasteiger charge is 2.06. The molecule has 4 rings (SSSR count). The third kappa shape index (κ3) is 2.83. The zero-order chi connectivity index (χ0) is 15.6. The number of aromatic amines is 1. The number of hydrogen-bond acceptors (Lipinski definition) is 4. The Balaban J connectivity index is 1.53. The fourth-order valence-corrected chi connectivity index (χ4v) is 2.78. The molecule has 23 heavy (non-hydrogen) atoms. The number of nitrogens with zero attached hydrogens (tertiary/aromatic N) is 3. The first-order valence-corrected chi connectivity index (χ1v) is 7.77. The van der Waals surface area contributed by atoms with E-state index in [4.69, 9.17) is 11.6 Å². The van der Waals surface area contributed by atoms with Crippen molar-refractivity contribution in [1.29, 1.82) is 0 Å². The van der Waals surface area contributed by atoms with Gasteiger partial charge in [-0.25, -0.2) is 15.0 Å². The summed E-state index contributed by atoms with van der Waals surface area (Å²) < 4.78 is 0. The predicted molar refractivity (Wildman–Crippen MR) is 92.8 cm³/mol. The van der Waals surface area contributed by atoms with Crippen molar-refractivity contribution in [1.82, 2.24) is 19.9 Å². The molecule has 2 heterocycles. The molecular formula is C17H14ClN5. The van der Waals surface area contributed by atoms with Gasteiger partial charge in [0.15, 0.2) is 0 Å². The Morgan fingerprint density at radius 2 is 1.70 bits per heavy atom. The number of imidazole rings is 1. The molecule has 5 nitrogen and oxygen atoms in total. The summed E-state index contributed by atoms with van der Waals surface area (Å²) >= 11 is 5.99. The third-order valence-electron chi connectivity index (χ3n) is 3.67. The lowest BCUT2D eigenvalue weighted by Crippen LogP contribution is -2.08. The average Bonchev–Trinajstić information content (AvgIpc) is 2.97. The normalized spacial score (nSPS) is 11.2. The highest BCUT2D eigenvalue weighted by Crippen LogP contribution is 2.21. The number of benzene rings is 2. The van der Waals surface area contributed by atoms with Gasteiger partial charge in [-0.2, -0.15) is 0 Å². The average molecular weight is 324 g/mol. The van der Waals surface area contributed by atoms with Crippen molar-refractivity contribution in [3.8, 4) is 0 Å². The smallest absolute Gasteiger partial charge is 0.224 e. The molecule has 0 radical (unpaired) electrons. The van der Waals surface area contributed by atoms with Gasteiger partial charge in [0.1, 0.15) is 11.6 Å². The molecule has 0 atom stereocenters. The first-order chi connectivity index (χ1) is 11.3. The molecule has 114 valence electrons. The molecule has 0 fully saturated rings. The minimum atomic E-state index is 0.245. The predicted octanol–water partition coefficient (Wildman–Crippen LogP) is 3.81. The summed E-state index contributed by atoms with van der Waals surface area (Å²) in [5.74, 6) is 1.69. The maximum absolute atomic E-state index is 5.99. The number of para-hydroxylation sites is 3. The zero-order valence-electron chi connectivity index (χ0n) is 12.3. The Morgan fingerprint density at radius 3 is 2.57 bits per heavy atom. The van der Waals surface area contributed by atoms with Crippen molar-refractivity contribution < 1.29 is 0 Å². The molecule has 4 aromatic rings. The number of fused-ring (bicyclic) bond motifs is 2. The van der Waals surface area contributed by atoms with E-state index in [1.807, 2.05) is 48.5 Å². The van der Waals surface area contributed by atoms with E-state index in [-0.39, 0.29) is 5.28 Å². The van der Waals surface area contributed by atoms with E-state index in [1.165, 1.54) is 0 Å². The molecule has 2 aromatic heterocycles. The Bertz CT molecular complexity index is 946. The molecule has 2 aromatic carbocycles. The second-order valence-corrected chi connectivity index (χ2v) is 5.57. The Kier molecular flexibility index (Phi) is 3.55. The third-order valence-corrected chi connectivity index (χ3v) is 3.84. The summed E-state index contributed by atoms with van der Waals surface area (Å²) in [6.45, 7) is 0.706. The summed E-state index contributed by atoms with van der Waals surface area (Å²) in [7, 11) is 0. The lowest BCUT2D eigenvalue weighted by molar-refractivity contribution is 0.929. The van der Waals surface area contributed by atoms with Crippen LogP contribution in [0.3, 0.4) is 0 Å². The minimum Gasteiger partial charge on any atom is -0.369 e. The van der Waals surface area contributed by atoms with E-state index in [2.05, 4.69) is 25.3 Å². The van der Waals surface area contributed by atoms with Crippen LogP contribution in [0.1, 0.15) is 5.82 Å². The van der Waals surface area contributed by atoms with Crippen LogP contribution >= 0.6 is 11.6 Å². The number of H-pyrrole nitrogens is 1. The summed E-state index contributed by atoms with van der Waals surface area (Å²) in [6, 6.07) is 15.8. The molecule has 0 bridgehead atoms. The van der Waals surface area contributed by atoms with Gasteiger partial charge in [-0.05, 0) is 35.9 Å². The molecule has 0 aliphatic rings. The van der Waals surface area contributed by atoms with Gasteiger partial charge in [-0.1, -0.05) is 24.3 Å². The highest BCUT2D eigenvalue weighted by atomic mass is 35.5.